The zero-order valence-corrected chi connectivity index (χ0v) is 15.1. The molecule has 0 radical (unpaired) electrons. The second-order valence-corrected chi connectivity index (χ2v) is 5.96. The van der Waals surface area contributed by atoms with Crippen molar-refractivity contribution < 1.29 is 23.8 Å². The maximum Gasteiger partial charge on any atom is 0.260 e. The lowest BCUT2D eigenvalue weighted by molar-refractivity contribution is -0.137. The maximum atomic E-state index is 12.4. The van der Waals surface area contributed by atoms with Gasteiger partial charge in [-0.05, 0) is 36.4 Å². The van der Waals surface area contributed by atoms with Crippen LogP contribution in [0.1, 0.15) is 10.4 Å². The van der Waals surface area contributed by atoms with Crippen molar-refractivity contribution in [2.24, 2.45) is 0 Å². The van der Waals surface area contributed by atoms with Gasteiger partial charge in [0, 0.05) is 18.8 Å². The third-order valence-electron chi connectivity index (χ3n) is 4.19. The number of ether oxygens (including phenoxy) is 3. The number of para-hydroxylation sites is 1. The molecule has 7 nitrogen and oxygen atoms in total. The molecular weight excluding hydrogens is 348 g/mol. The maximum absolute atomic E-state index is 12.4. The van der Waals surface area contributed by atoms with E-state index in [0.717, 1.165) is 0 Å². The van der Waals surface area contributed by atoms with Gasteiger partial charge in [0.25, 0.3) is 11.8 Å². The number of morpholine rings is 1. The Morgan fingerprint density at radius 1 is 1.07 bits per heavy atom. The van der Waals surface area contributed by atoms with Crippen LogP contribution in [-0.2, 0) is 9.53 Å². The number of methoxy groups -OCH3 is 1. The molecule has 1 saturated heterocycles. The fraction of sp³-hybridized carbons (Fsp3) is 0.300. The summed E-state index contributed by atoms with van der Waals surface area (Å²) in [6.45, 7) is 2.29. The van der Waals surface area contributed by atoms with E-state index in [9.17, 15) is 9.59 Å². The fourth-order valence-electron chi connectivity index (χ4n) is 2.71. The number of nitrogens with zero attached hydrogens (tertiary/aromatic N) is 1. The lowest BCUT2D eigenvalue weighted by Gasteiger charge is -2.26. The number of hydrogen-bond donors (Lipinski definition) is 1. The highest BCUT2D eigenvalue weighted by Gasteiger charge is 2.17. The first-order valence-corrected chi connectivity index (χ1v) is 8.70. The minimum absolute atomic E-state index is 0.0209. The molecule has 1 fully saturated rings. The average molecular weight is 370 g/mol. The minimum atomic E-state index is -0.261. The predicted octanol–water partition coefficient (Wildman–Crippen LogP) is 2.19. The molecule has 3 rings (SSSR count). The standard InChI is InChI=1S/C20H22N2O5/c1-25-18-5-3-2-4-17(18)20(24)21-15-6-8-16(9-7-15)27-14-19(23)22-10-12-26-13-11-22/h2-9H,10-14H2,1H3,(H,21,24). The lowest BCUT2D eigenvalue weighted by Crippen LogP contribution is -2.42. The molecule has 27 heavy (non-hydrogen) atoms. The highest BCUT2D eigenvalue weighted by Crippen LogP contribution is 2.20. The van der Waals surface area contributed by atoms with E-state index in [-0.39, 0.29) is 18.4 Å². The topological polar surface area (TPSA) is 77.1 Å². The van der Waals surface area contributed by atoms with Crippen LogP contribution in [0, 0.1) is 0 Å². The molecule has 1 aliphatic rings. The van der Waals surface area contributed by atoms with E-state index in [4.69, 9.17) is 14.2 Å². The lowest BCUT2D eigenvalue weighted by atomic mass is 10.2. The van der Waals surface area contributed by atoms with Crippen molar-refractivity contribution in [1.82, 2.24) is 4.90 Å². The molecule has 0 saturated carbocycles. The van der Waals surface area contributed by atoms with Gasteiger partial charge in [0.15, 0.2) is 6.61 Å². The van der Waals surface area contributed by atoms with E-state index in [2.05, 4.69) is 5.32 Å². The molecule has 0 aliphatic carbocycles. The Bertz CT molecular complexity index is 785. The van der Waals surface area contributed by atoms with E-state index >= 15 is 0 Å². The highest BCUT2D eigenvalue weighted by atomic mass is 16.5. The van der Waals surface area contributed by atoms with Gasteiger partial charge >= 0.3 is 0 Å². The van der Waals surface area contributed by atoms with Crippen LogP contribution in [-0.4, -0.2) is 56.7 Å². The summed E-state index contributed by atoms with van der Waals surface area (Å²) in [5, 5.41) is 2.81. The second-order valence-electron chi connectivity index (χ2n) is 5.96. The van der Waals surface area contributed by atoms with E-state index in [1.54, 1.807) is 53.4 Å². The zero-order chi connectivity index (χ0) is 19.1. The predicted molar refractivity (Wildman–Crippen MR) is 100 cm³/mol. The molecule has 2 aromatic carbocycles. The molecule has 2 aromatic rings. The van der Waals surface area contributed by atoms with Gasteiger partial charge in [-0.3, -0.25) is 9.59 Å². The van der Waals surface area contributed by atoms with Crippen LogP contribution in [0.25, 0.3) is 0 Å². The molecular formula is C20H22N2O5. The number of hydrogen-bond acceptors (Lipinski definition) is 5. The number of benzene rings is 2. The summed E-state index contributed by atoms with van der Waals surface area (Å²) in [6.07, 6.45) is 0. The number of rotatable bonds is 6. The van der Waals surface area contributed by atoms with Crippen molar-refractivity contribution in [3.63, 3.8) is 0 Å². The van der Waals surface area contributed by atoms with Crippen LogP contribution in [0.3, 0.4) is 0 Å². The first-order valence-electron chi connectivity index (χ1n) is 8.70. The molecule has 7 heteroatoms. The largest absolute Gasteiger partial charge is 0.496 e. The molecule has 0 bridgehead atoms. The summed E-state index contributed by atoms with van der Waals surface area (Å²) in [6, 6.07) is 13.9. The molecule has 0 spiro atoms. The van der Waals surface area contributed by atoms with Crippen LogP contribution in [0.5, 0.6) is 11.5 Å². The summed E-state index contributed by atoms with van der Waals surface area (Å²) < 4.78 is 16.0. The van der Waals surface area contributed by atoms with Crippen LogP contribution < -0.4 is 14.8 Å². The summed E-state index contributed by atoms with van der Waals surface area (Å²) in [5.74, 6) is 0.749. The van der Waals surface area contributed by atoms with E-state index < -0.39 is 0 Å². The van der Waals surface area contributed by atoms with Crippen molar-refractivity contribution in [3.05, 3.63) is 54.1 Å². The SMILES string of the molecule is COc1ccccc1C(=O)Nc1ccc(OCC(=O)N2CCOCC2)cc1. The Morgan fingerprint density at radius 3 is 2.48 bits per heavy atom. The number of anilines is 1. The van der Waals surface area contributed by atoms with Crippen LogP contribution in [0.2, 0.25) is 0 Å². The average Bonchev–Trinajstić information content (AvgIpc) is 2.73. The Balaban J connectivity index is 1.54. The number of nitrogens with one attached hydrogen (secondary N) is 1. The van der Waals surface area contributed by atoms with Gasteiger partial charge in [-0.15, -0.1) is 0 Å². The normalized spacial score (nSPS) is 13.7. The van der Waals surface area contributed by atoms with Crippen molar-refractivity contribution in [2.75, 3.05) is 45.3 Å². The van der Waals surface area contributed by atoms with Crippen LogP contribution >= 0.6 is 0 Å². The molecule has 1 N–H and O–H groups in total. The highest BCUT2D eigenvalue weighted by molar-refractivity contribution is 6.06. The summed E-state index contributed by atoms with van der Waals surface area (Å²) in [5.41, 5.74) is 1.08. The zero-order valence-electron chi connectivity index (χ0n) is 15.1. The first-order chi connectivity index (χ1) is 13.2. The molecule has 0 unspecified atom stereocenters. The van der Waals surface area contributed by atoms with E-state index in [1.807, 2.05) is 0 Å². The molecule has 0 aromatic heterocycles. The van der Waals surface area contributed by atoms with Gasteiger partial charge in [0.2, 0.25) is 0 Å². The Morgan fingerprint density at radius 2 is 1.78 bits per heavy atom. The smallest absolute Gasteiger partial charge is 0.260 e. The number of carbonyl (C=O) groups excluding carboxylic acids is 2. The summed E-state index contributed by atoms with van der Waals surface area (Å²) in [7, 11) is 1.52. The minimum Gasteiger partial charge on any atom is -0.496 e. The Hall–Kier alpha value is -3.06. The number of carbonyl (C=O) groups is 2. The Labute approximate surface area is 157 Å². The van der Waals surface area contributed by atoms with Gasteiger partial charge in [0.05, 0.1) is 25.9 Å². The fourth-order valence-corrected chi connectivity index (χ4v) is 2.71. The Kier molecular flexibility index (Phi) is 6.27. The number of amides is 2. The van der Waals surface area contributed by atoms with Gasteiger partial charge in [-0.2, -0.15) is 0 Å². The molecule has 1 heterocycles. The molecule has 0 atom stereocenters. The quantitative estimate of drug-likeness (QED) is 0.843. The van der Waals surface area contributed by atoms with Crippen LogP contribution in [0.4, 0.5) is 5.69 Å². The van der Waals surface area contributed by atoms with E-state index in [1.165, 1.54) is 7.11 Å². The van der Waals surface area contributed by atoms with Gasteiger partial charge in [-0.25, -0.2) is 0 Å². The second kappa shape index (κ2) is 9.05. The van der Waals surface area contributed by atoms with Crippen molar-refractivity contribution in [2.45, 2.75) is 0 Å². The summed E-state index contributed by atoms with van der Waals surface area (Å²) >= 11 is 0. The molecule has 2 amide bonds. The van der Waals surface area contributed by atoms with Crippen molar-refractivity contribution >= 4 is 17.5 Å². The van der Waals surface area contributed by atoms with Gasteiger partial charge < -0.3 is 24.4 Å². The monoisotopic (exact) mass is 370 g/mol. The van der Waals surface area contributed by atoms with Crippen molar-refractivity contribution in [1.29, 1.82) is 0 Å². The summed E-state index contributed by atoms with van der Waals surface area (Å²) in [4.78, 5) is 26.2. The van der Waals surface area contributed by atoms with Crippen molar-refractivity contribution in [3.8, 4) is 11.5 Å². The van der Waals surface area contributed by atoms with E-state index in [0.29, 0.717) is 49.1 Å². The first kappa shape index (κ1) is 18.7. The third-order valence-corrected chi connectivity index (χ3v) is 4.19. The van der Waals surface area contributed by atoms with Gasteiger partial charge in [-0.1, -0.05) is 12.1 Å². The third kappa shape index (κ3) is 4.98. The van der Waals surface area contributed by atoms with Gasteiger partial charge in [0.1, 0.15) is 11.5 Å². The van der Waals surface area contributed by atoms with Crippen LogP contribution in [0.15, 0.2) is 48.5 Å². The molecule has 142 valence electrons. The molecule has 1 aliphatic heterocycles.